The fraction of sp³-hybridized carbons (Fsp3) is 0.0714. The number of amides is 1. The van der Waals surface area contributed by atoms with Crippen molar-refractivity contribution in [1.82, 2.24) is 0 Å². The molecule has 110 valence electrons. The first-order valence-corrected chi connectivity index (χ1v) is 5.81. The highest BCUT2D eigenvalue weighted by Gasteiger charge is 2.30. The summed E-state index contributed by atoms with van der Waals surface area (Å²) >= 11 is 0. The van der Waals surface area contributed by atoms with Crippen LogP contribution in [-0.2, 0) is 6.18 Å². The number of carbonyl (C=O) groups is 1. The van der Waals surface area contributed by atoms with Gasteiger partial charge in [-0.05, 0) is 36.4 Å². The molecule has 3 N–H and O–H groups in total. The summed E-state index contributed by atoms with van der Waals surface area (Å²) in [5.74, 6) is -1.34. The Morgan fingerprint density at radius 3 is 2.43 bits per heavy atom. The number of hydrogen-bond acceptors (Lipinski definition) is 2. The summed E-state index contributed by atoms with van der Waals surface area (Å²) < 4.78 is 50.6. The van der Waals surface area contributed by atoms with Gasteiger partial charge in [0.15, 0.2) is 0 Å². The Labute approximate surface area is 117 Å². The average Bonchev–Trinajstić information content (AvgIpc) is 2.41. The lowest BCUT2D eigenvalue weighted by Crippen LogP contribution is -2.15. The molecule has 0 atom stereocenters. The maximum Gasteiger partial charge on any atom is 0.416 e. The van der Waals surface area contributed by atoms with E-state index in [1.165, 1.54) is 12.1 Å². The van der Waals surface area contributed by atoms with E-state index in [1.54, 1.807) is 0 Å². The summed E-state index contributed by atoms with van der Waals surface area (Å²) in [4.78, 5) is 11.9. The largest absolute Gasteiger partial charge is 0.416 e. The van der Waals surface area contributed by atoms with Gasteiger partial charge in [-0.2, -0.15) is 13.2 Å². The van der Waals surface area contributed by atoms with Crippen molar-refractivity contribution < 1.29 is 22.4 Å². The number of nitrogens with one attached hydrogen (secondary N) is 1. The van der Waals surface area contributed by atoms with E-state index in [1.807, 2.05) is 0 Å². The highest BCUT2D eigenvalue weighted by atomic mass is 19.4. The predicted molar refractivity (Wildman–Crippen MR) is 70.2 cm³/mol. The van der Waals surface area contributed by atoms with E-state index in [-0.39, 0.29) is 16.9 Å². The second-order valence-electron chi connectivity index (χ2n) is 4.26. The SMILES string of the molecule is Nc1cc(F)ccc1NC(=O)c1cccc(C(F)(F)F)c1. The Morgan fingerprint density at radius 1 is 1.10 bits per heavy atom. The maximum absolute atomic E-state index is 12.9. The fourth-order valence-corrected chi connectivity index (χ4v) is 1.68. The van der Waals surface area contributed by atoms with Gasteiger partial charge in [0.1, 0.15) is 5.82 Å². The summed E-state index contributed by atoms with van der Waals surface area (Å²) in [6.45, 7) is 0. The van der Waals surface area contributed by atoms with Gasteiger partial charge in [0.05, 0.1) is 16.9 Å². The first-order chi connectivity index (χ1) is 9.77. The van der Waals surface area contributed by atoms with Crippen molar-refractivity contribution in [1.29, 1.82) is 0 Å². The van der Waals surface area contributed by atoms with Crippen LogP contribution in [0.4, 0.5) is 28.9 Å². The maximum atomic E-state index is 12.9. The highest BCUT2D eigenvalue weighted by molar-refractivity contribution is 6.05. The Kier molecular flexibility index (Phi) is 3.84. The lowest BCUT2D eigenvalue weighted by atomic mass is 10.1. The number of alkyl halides is 3. The van der Waals surface area contributed by atoms with Crippen molar-refractivity contribution in [3.05, 3.63) is 59.4 Å². The van der Waals surface area contributed by atoms with Gasteiger partial charge in [-0.15, -0.1) is 0 Å². The van der Waals surface area contributed by atoms with Crippen LogP contribution in [0.5, 0.6) is 0 Å². The molecular formula is C14H10F4N2O. The zero-order valence-corrected chi connectivity index (χ0v) is 10.5. The molecular weight excluding hydrogens is 288 g/mol. The third-order valence-electron chi connectivity index (χ3n) is 2.71. The van der Waals surface area contributed by atoms with Crippen LogP contribution in [-0.4, -0.2) is 5.91 Å². The van der Waals surface area contributed by atoms with Gasteiger partial charge in [0.25, 0.3) is 5.91 Å². The molecule has 0 spiro atoms. The molecule has 1 amide bonds. The van der Waals surface area contributed by atoms with Crippen LogP contribution in [0.2, 0.25) is 0 Å². The monoisotopic (exact) mass is 298 g/mol. The number of halogens is 4. The number of hydrogen-bond donors (Lipinski definition) is 2. The number of benzene rings is 2. The molecule has 0 unspecified atom stereocenters. The molecule has 21 heavy (non-hydrogen) atoms. The molecule has 7 heteroatoms. The molecule has 0 radical (unpaired) electrons. The van der Waals surface area contributed by atoms with Gasteiger partial charge in [0.2, 0.25) is 0 Å². The van der Waals surface area contributed by atoms with Gasteiger partial charge >= 0.3 is 6.18 Å². The zero-order valence-electron chi connectivity index (χ0n) is 10.5. The summed E-state index contributed by atoms with van der Waals surface area (Å²) in [5, 5.41) is 2.33. The molecule has 0 fully saturated rings. The van der Waals surface area contributed by atoms with E-state index in [9.17, 15) is 22.4 Å². The topological polar surface area (TPSA) is 55.1 Å². The minimum atomic E-state index is -4.54. The number of rotatable bonds is 2. The molecule has 0 heterocycles. The molecule has 0 aliphatic carbocycles. The normalized spacial score (nSPS) is 11.2. The second-order valence-corrected chi connectivity index (χ2v) is 4.26. The van der Waals surface area contributed by atoms with Crippen LogP contribution < -0.4 is 11.1 Å². The second kappa shape index (κ2) is 5.43. The van der Waals surface area contributed by atoms with Crippen LogP contribution in [0, 0.1) is 5.82 Å². The van der Waals surface area contributed by atoms with Crippen LogP contribution >= 0.6 is 0 Å². The van der Waals surface area contributed by atoms with E-state index < -0.39 is 23.5 Å². The summed E-state index contributed by atoms with van der Waals surface area (Å²) in [7, 11) is 0. The molecule has 2 rings (SSSR count). The fourth-order valence-electron chi connectivity index (χ4n) is 1.68. The van der Waals surface area contributed by atoms with Crippen LogP contribution in [0.1, 0.15) is 15.9 Å². The molecule has 0 bridgehead atoms. The van der Waals surface area contributed by atoms with Crippen molar-refractivity contribution in [2.75, 3.05) is 11.1 Å². The van der Waals surface area contributed by atoms with E-state index in [4.69, 9.17) is 5.73 Å². The quantitative estimate of drug-likeness (QED) is 0.656. The van der Waals surface area contributed by atoms with Crippen molar-refractivity contribution in [3.8, 4) is 0 Å². The Balaban J connectivity index is 2.25. The molecule has 2 aromatic rings. The Bertz CT molecular complexity index is 683. The molecule has 0 aromatic heterocycles. The minimum absolute atomic E-state index is 0.0182. The molecule has 0 saturated carbocycles. The third-order valence-corrected chi connectivity index (χ3v) is 2.71. The van der Waals surface area contributed by atoms with Crippen LogP contribution in [0.25, 0.3) is 0 Å². The molecule has 0 saturated heterocycles. The minimum Gasteiger partial charge on any atom is -0.397 e. The zero-order chi connectivity index (χ0) is 15.6. The standard InChI is InChI=1S/C14H10F4N2O/c15-10-4-5-12(11(19)7-10)20-13(21)8-2-1-3-9(6-8)14(16,17)18/h1-7H,19H2,(H,20,21). The van der Waals surface area contributed by atoms with Crippen molar-refractivity contribution >= 4 is 17.3 Å². The number of nitrogens with two attached hydrogens (primary N) is 1. The van der Waals surface area contributed by atoms with Crippen molar-refractivity contribution in [2.45, 2.75) is 6.18 Å². The molecule has 0 aliphatic heterocycles. The van der Waals surface area contributed by atoms with Gasteiger partial charge in [-0.3, -0.25) is 4.79 Å². The van der Waals surface area contributed by atoms with Crippen LogP contribution in [0.15, 0.2) is 42.5 Å². The molecule has 2 aromatic carbocycles. The molecule has 0 aliphatic rings. The first kappa shape index (κ1) is 14.8. The Morgan fingerprint density at radius 2 is 1.81 bits per heavy atom. The number of carbonyl (C=O) groups excluding carboxylic acids is 1. The summed E-state index contributed by atoms with van der Waals surface area (Å²) in [6.07, 6.45) is -4.54. The van der Waals surface area contributed by atoms with Crippen LogP contribution in [0.3, 0.4) is 0 Å². The van der Waals surface area contributed by atoms with Crippen molar-refractivity contribution in [3.63, 3.8) is 0 Å². The predicted octanol–water partition coefficient (Wildman–Crippen LogP) is 3.68. The van der Waals surface area contributed by atoms with E-state index >= 15 is 0 Å². The number of anilines is 2. The summed E-state index contributed by atoms with van der Waals surface area (Å²) in [6, 6.07) is 7.28. The Hall–Kier alpha value is -2.57. The smallest absolute Gasteiger partial charge is 0.397 e. The lowest BCUT2D eigenvalue weighted by molar-refractivity contribution is -0.137. The van der Waals surface area contributed by atoms with E-state index in [0.29, 0.717) is 0 Å². The summed E-state index contributed by atoms with van der Waals surface area (Å²) in [5.41, 5.74) is 4.52. The van der Waals surface area contributed by atoms with Gasteiger partial charge in [0, 0.05) is 5.56 Å². The van der Waals surface area contributed by atoms with Gasteiger partial charge in [-0.1, -0.05) is 6.07 Å². The van der Waals surface area contributed by atoms with E-state index in [2.05, 4.69) is 5.32 Å². The van der Waals surface area contributed by atoms with E-state index in [0.717, 1.165) is 30.3 Å². The highest BCUT2D eigenvalue weighted by Crippen LogP contribution is 2.29. The molecule has 3 nitrogen and oxygen atoms in total. The van der Waals surface area contributed by atoms with Gasteiger partial charge < -0.3 is 11.1 Å². The average molecular weight is 298 g/mol. The van der Waals surface area contributed by atoms with Gasteiger partial charge in [-0.25, -0.2) is 4.39 Å². The lowest BCUT2D eigenvalue weighted by Gasteiger charge is -2.10. The van der Waals surface area contributed by atoms with Crippen molar-refractivity contribution in [2.24, 2.45) is 0 Å². The number of nitrogen functional groups attached to an aromatic ring is 1. The third kappa shape index (κ3) is 3.50. The first-order valence-electron chi connectivity index (χ1n) is 5.81.